The summed E-state index contributed by atoms with van der Waals surface area (Å²) in [7, 11) is 0. The highest BCUT2D eigenvalue weighted by Gasteiger charge is 2.25. The van der Waals surface area contributed by atoms with E-state index >= 15 is 0 Å². The van der Waals surface area contributed by atoms with E-state index in [2.05, 4.69) is 0 Å². The summed E-state index contributed by atoms with van der Waals surface area (Å²) in [6.07, 6.45) is 0. The molecule has 0 heterocycles. The van der Waals surface area contributed by atoms with E-state index in [9.17, 15) is 0 Å². The van der Waals surface area contributed by atoms with Crippen molar-refractivity contribution in [3.63, 3.8) is 0 Å². The van der Waals surface area contributed by atoms with Gasteiger partial charge in [0.15, 0.2) is 0 Å². The summed E-state index contributed by atoms with van der Waals surface area (Å²) in [6.45, 7) is 0. The van der Waals surface area contributed by atoms with E-state index in [0.29, 0.717) is 15.6 Å². The van der Waals surface area contributed by atoms with Crippen LogP contribution in [0.25, 0.3) is 10.6 Å². The first-order chi connectivity index (χ1) is 6.63. The van der Waals surface area contributed by atoms with Crippen molar-refractivity contribution in [2.24, 2.45) is 0 Å². The summed E-state index contributed by atoms with van der Waals surface area (Å²) in [5.41, 5.74) is 2.35. The van der Waals surface area contributed by atoms with Crippen molar-refractivity contribution in [3.05, 3.63) is 44.9 Å². The summed E-state index contributed by atoms with van der Waals surface area (Å²) in [5.74, 6) is 0. The molecule has 0 nitrogen and oxygen atoms in total. The lowest BCUT2D eigenvalue weighted by molar-refractivity contribution is 1.61. The van der Waals surface area contributed by atoms with Gasteiger partial charge >= 0.3 is 0 Å². The average Bonchev–Trinajstić information content (AvgIpc) is 2.41. The van der Waals surface area contributed by atoms with Crippen LogP contribution in [0.5, 0.6) is 0 Å². The molecule has 4 heteroatoms. The van der Waals surface area contributed by atoms with Crippen LogP contribution in [0, 0.1) is 0 Å². The smallest absolute Gasteiger partial charge is 0.0820 e. The SMILES string of the molecule is ClC(Cl)=C1C(Cl)=C(Cl)c2ccccc21. The van der Waals surface area contributed by atoms with Crippen LogP contribution in [0.2, 0.25) is 0 Å². The highest BCUT2D eigenvalue weighted by Crippen LogP contribution is 2.47. The van der Waals surface area contributed by atoms with Crippen molar-refractivity contribution in [2.75, 3.05) is 0 Å². The molecule has 0 spiro atoms. The molecule has 1 aliphatic carbocycles. The second kappa shape index (κ2) is 3.79. The Morgan fingerprint density at radius 2 is 1.43 bits per heavy atom. The van der Waals surface area contributed by atoms with Crippen LogP contribution in [0.1, 0.15) is 11.1 Å². The van der Waals surface area contributed by atoms with Crippen LogP contribution in [0.15, 0.2) is 33.8 Å². The predicted octanol–water partition coefficient (Wildman–Crippen LogP) is 4.99. The third-order valence-corrected chi connectivity index (χ3v) is 3.28. The molecule has 0 atom stereocenters. The molecule has 1 aromatic rings. The average molecular weight is 266 g/mol. The first-order valence-corrected chi connectivity index (χ1v) is 5.35. The van der Waals surface area contributed by atoms with Gasteiger partial charge in [0, 0.05) is 11.1 Å². The van der Waals surface area contributed by atoms with Gasteiger partial charge in [-0.15, -0.1) is 0 Å². The molecule has 0 aromatic heterocycles. The normalized spacial score (nSPS) is 14.7. The Hall–Kier alpha value is -0.140. The highest BCUT2D eigenvalue weighted by atomic mass is 35.5. The Morgan fingerprint density at radius 1 is 0.857 bits per heavy atom. The molecule has 72 valence electrons. The second-order valence-corrected chi connectivity index (χ2v) is 4.51. The highest BCUT2D eigenvalue weighted by molar-refractivity contribution is 6.65. The lowest BCUT2D eigenvalue weighted by Gasteiger charge is -2.00. The molecule has 0 fully saturated rings. The van der Waals surface area contributed by atoms with Gasteiger partial charge in [0.2, 0.25) is 0 Å². The van der Waals surface area contributed by atoms with Crippen LogP contribution in [-0.4, -0.2) is 0 Å². The van der Waals surface area contributed by atoms with Crippen molar-refractivity contribution in [3.8, 4) is 0 Å². The molecule has 0 aliphatic heterocycles. The molecular weight excluding hydrogens is 262 g/mol. The first kappa shape index (κ1) is 10.4. The van der Waals surface area contributed by atoms with Crippen LogP contribution < -0.4 is 0 Å². The van der Waals surface area contributed by atoms with Crippen LogP contribution in [-0.2, 0) is 0 Å². The Morgan fingerprint density at radius 3 is 2.00 bits per heavy atom. The van der Waals surface area contributed by atoms with Crippen molar-refractivity contribution < 1.29 is 0 Å². The zero-order valence-electron chi connectivity index (χ0n) is 6.82. The Kier molecular flexibility index (Phi) is 2.81. The van der Waals surface area contributed by atoms with Gasteiger partial charge < -0.3 is 0 Å². The summed E-state index contributed by atoms with van der Waals surface area (Å²) < 4.78 is 0.137. The van der Waals surface area contributed by atoms with E-state index in [4.69, 9.17) is 46.4 Å². The number of benzene rings is 1. The third kappa shape index (κ3) is 1.47. The van der Waals surface area contributed by atoms with Crippen molar-refractivity contribution >= 4 is 57.0 Å². The number of halogens is 4. The molecule has 0 radical (unpaired) electrons. The van der Waals surface area contributed by atoms with Crippen LogP contribution in [0.3, 0.4) is 0 Å². The standard InChI is InChI=1S/C10H4Cl4/c11-8-6-4-2-1-3-5(6)7(9(8)12)10(13)14/h1-4H. The topological polar surface area (TPSA) is 0 Å². The number of hydrogen-bond donors (Lipinski definition) is 0. The molecule has 1 aromatic carbocycles. The number of fused-ring (bicyclic) bond motifs is 1. The van der Waals surface area contributed by atoms with E-state index in [-0.39, 0.29) is 4.49 Å². The van der Waals surface area contributed by atoms with Crippen molar-refractivity contribution in [2.45, 2.75) is 0 Å². The molecule has 0 amide bonds. The van der Waals surface area contributed by atoms with Gasteiger partial charge in [-0.1, -0.05) is 70.7 Å². The molecule has 0 saturated carbocycles. The molecular formula is C10H4Cl4. The fourth-order valence-electron chi connectivity index (χ4n) is 1.42. The van der Waals surface area contributed by atoms with E-state index < -0.39 is 0 Å². The zero-order valence-corrected chi connectivity index (χ0v) is 9.84. The van der Waals surface area contributed by atoms with E-state index in [1.807, 2.05) is 24.3 Å². The maximum absolute atomic E-state index is 6.03. The predicted molar refractivity (Wildman–Crippen MR) is 63.7 cm³/mol. The van der Waals surface area contributed by atoms with Gasteiger partial charge in [-0.2, -0.15) is 0 Å². The lowest BCUT2D eigenvalue weighted by atomic mass is 10.1. The number of hydrogen-bond acceptors (Lipinski definition) is 0. The Balaban J connectivity index is 2.77. The Labute approximate surface area is 102 Å². The minimum absolute atomic E-state index is 0.137. The fraction of sp³-hybridized carbons (Fsp3) is 0. The van der Waals surface area contributed by atoms with Gasteiger partial charge in [0.25, 0.3) is 0 Å². The van der Waals surface area contributed by atoms with Gasteiger partial charge in [-0.25, -0.2) is 0 Å². The number of allylic oxidation sites excluding steroid dienone is 2. The van der Waals surface area contributed by atoms with E-state index in [1.54, 1.807) is 0 Å². The second-order valence-electron chi connectivity index (χ2n) is 2.81. The fourth-order valence-corrected chi connectivity index (χ4v) is 2.47. The summed E-state index contributed by atoms with van der Waals surface area (Å²) >= 11 is 23.5. The van der Waals surface area contributed by atoms with Crippen molar-refractivity contribution in [1.29, 1.82) is 0 Å². The number of rotatable bonds is 0. The zero-order chi connectivity index (χ0) is 10.3. The first-order valence-electron chi connectivity index (χ1n) is 3.83. The lowest BCUT2D eigenvalue weighted by Crippen LogP contribution is -1.81. The van der Waals surface area contributed by atoms with Crippen molar-refractivity contribution in [1.82, 2.24) is 0 Å². The van der Waals surface area contributed by atoms with Gasteiger partial charge in [0.1, 0.15) is 4.49 Å². The quantitative estimate of drug-likeness (QED) is 0.620. The molecule has 0 N–H and O–H groups in total. The third-order valence-electron chi connectivity index (χ3n) is 2.03. The van der Waals surface area contributed by atoms with Gasteiger partial charge in [-0.05, 0) is 5.56 Å². The molecule has 2 rings (SSSR count). The maximum atomic E-state index is 6.03. The van der Waals surface area contributed by atoms with Crippen LogP contribution in [0.4, 0.5) is 0 Å². The van der Waals surface area contributed by atoms with Crippen LogP contribution >= 0.6 is 46.4 Å². The molecule has 14 heavy (non-hydrogen) atoms. The molecule has 0 saturated heterocycles. The Bertz CT molecular complexity index is 453. The van der Waals surface area contributed by atoms with E-state index in [1.165, 1.54) is 0 Å². The maximum Gasteiger partial charge on any atom is 0.116 e. The molecule has 0 bridgehead atoms. The monoisotopic (exact) mass is 264 g/mol. The minimum Gasteiger partial charge on any atom is -0.0820 e. The van der Waals surface area contributed by atoms with Gasteiger partial charge in [0.05, 0.1) is 10.1 Å². The van der Waals surface area contributed by atoms with Gasteiger partial charge in [-0.3, -0.25) is 0 Å². The van der Waals surface area contributed by atoms with E-state index in [0.717, 1.165) is 11.1 Å². The molecule has 0 unspecified atom stereocenters. The largest absolute Gasteiger partial charge is 0.116 e. The minimum atomic E-state index is 0.137. The summed E-state index contributed by atoms with van der Waals surface area (Å²) in [4.78, 5) is 0. The molecule has 1 aliphatic rings. The summed E-state index contributed by atoms with van der Waals surface area (Å²) in [6, 6.07) is 7.53. The summed E-state index contributed by atoms with van der Waals surface area (Å²) in [5, 5.41) is 0.906.